The lowest BCUT2D eigenvalue weighted by molar-refractivity contribution is -0.255. The standard InChI is InChI=1S/C20H19N3O3/c1-13-18(12-14-4-8-16(9-5-14)22(2)3)19(24)23(21-13)17-10-6-15(7-11-17)20(25)26/h4-12H,1-3H3,(H,25,26)/p-1/b18-12-. The normalized spacial score (nSPS) is 15.3. The van der Waals surface area contributed by atoms with E-state index in [0.717, 1.165) is 11.3 Å². The van der Waals surface area contributed by atoms with E-state index in [0.29, 0.717) is 17.0 Å². The van der Waals surface area contributed by atoms with Crippen LogP contribution in [0.4, 0.5) is 11.4 Å². The lowest BCUT2D eigenvalue weighted by atomic mass is 10.1. The van der Waals surface area contributed by atoms with Crippen molar-refractivity contribution in [1.82, 2.24) is 0 Å². The minimum absolute atomic E-state index is 0.0536. The van der Waals surface area contributed by atoms with Crippen molar-refractivity contribution in [3.63, 3.8) is 0 Å². The van der Waals surface area contributed by atoms with Gasteiger partial charge >= 0.3 is 0 Å². The number of carbonyl (C=O) groups is 2. The summed E-state index contributed by atoms with van der Waals surface area (Å²) in [6.07, 6.45) is 1.80. The lowest BCUT2D eigenvalue weighted by Crippen LogP contribution is -2.23. The molecule has 0 atom stereocenters. The highest BCUT2D eigenvalue weighted by atomic mass is 16.4. The van der Waals surface area contributed by atoms with Gasteiger partial charge in [0.25, 0.3) is 5.91 Å². The van der Waals surface area contributed by atoms with Gasteiger partial charge in [0.05, 0.1) is 22.9 Å². The maximum atomic E-state index is 12.7. The van der Waals surface area contributed by atoms with Gasteiger partial charge in [0.1, 0.15) is 0 Å². The van der Waals surface area contributed by atoms with Gasteiger partial charge in [-0.2, -0.15) is 10.1 Å². The predicted octanol–water partition coefficient (Wildman–Crippen LogP) is 1.92. The van der Waals surface area contributed by atoms with Crippen molar-refractivity contribution < 1.29 is 14.7 Å². The van der Waals surface area contributed by atoms with E-state index in [2.05, 4.69) is 5.10 Å². The number of amides is 1. The summed E-state index contributed by atoms with van der Waals surface area (Å²) in [5.41, 5.74) is 3.65. The molecule has 0 radical (unpaired) electrons. The summed E-state index contributed by atoms with van der Waals surface area (Å²) < 4.78 is 0. The van der Waals surface area contributed by atoms with Crippen LogP contribution in [0.2, 0.25) is 0 Å². The Balaban J connectivity index is 1.86. The average molecular weight is 348 g/mol. The smallest absolute Gasteiger partial charge is 0.280 e. The van der Waals surface area contributed by atoms with E-state index < -0.39 is 5.97 Å². The van der Waals surface area contributed by atoms with Crippen LogP contribution in [0.1, 0.15) is 22.8 Å². The second-order valence-electron chi connectivity index (χ2n) is 6.18. The van der Waals surface area contributed by atoms with Gasteiger partial charge in [0.15, 0.2) is 0 Å². The number of aromatic carboxylic acids is 1. The van der Waals surface area contributed by atoms with Crippen LogP contribution in [0, 0.1) is 0 Å². The number of anilines is 2. The van der Waals surface area contributed by atoms with Crippen molar-refractivity contribution in [3.8, 4) is 0 Å². The Morgan fingerprint density at radius 2 is 1.69 bits per heavy atom. The molecule has 1 heterocycles. The summed E-state index contributed by atoms with van der Waals surface area (Å²) in [5.74, 6) is -1.51. The number of carboxylic acid groups (broad SMARTS) is 1. The van der Waals surface area contributed by atoms with E-state index >= 15 is 0 Å². The Hall–Kier alpha value is -3.41. The maximum absolute atomic E-state index is 12.7. The van der Waals surface area contributed by atoms with Crippen LogP contribution in [0.3, 0.4) is 0 Å². The molecule has 0 aromatic heterocycles. The highest BCUT2D eigenvalue weighted by Gasteiger charge is 2.28. The third-order valence-electron chi connectivity index (χ3n) is 4.13. The largest absolute Gasteiger partial charge is 0.545 e. The molecule has 1 amide bonds. The van der Waals surface area contributed by atoms with E-state index in [1.54, 1.807) is 13.0 Å². The summed E-state index contributed by atoms with van der Waals surface area (Å²) in [7, 11) is 3.93. The monoisotopic (exact) mass is 348 g/mol. The Kier molecular flexibility index (Phi) is 4.58. The molecule has 0 aliphatic carbocycles. The summed E-state index contributed by atoms with van der Waals surface area (Å²) in [4.78, 5) is 25.6. The first-order chi connectivity index (χ1) is 12.4. The molecule has 0 fully saturated rings. The number of rotatable bonds is 4. The quantitative estimate of drug-likeness (QED) is 0.791. The van der Waals surface area contributed by atoms with Gasteiger partial charge in [0.2, 0.25) is 0 Å². The Labute approximate surface area is 151 Å². The fourth-order valence-corrected chi connectivity index (χ4v) is 2.63. The van der Waals surface area contributed by atoms with Crippen molar-refractivity contribution in [2.75, 3.05) is 24.0 Å². The van der Waals surface area contributed by atoms with Crippen molar-refractivity contribution in [3.05, 3.63) is 65.2 Å². The van der Waals surface area contributed by atoms with Gasteiger partial charge in [-0.1, -0.05) is 24.3 Å². The van der Waals surface area contributed by atoms with Crippen LogP contribution in [-0.4, -0.2) is 31.7 Å². The Morgan fingerprint density at radius 1 is 1.08 bits per heavy atom. The summed E-state index contributed by atoms with van der Waals surface area (Å²) in [6.45, 7) is 1.77. The molecule has 2 aromatic carbocycles. The molecule has 132 valence electrons. The third-order valence-corrected chi connectivity index (χ3v) is 4.13. The number of nitrogens with zero attached hydrogens (tertiary/aromatic N) is 3. The zero-order valence-corrected chi connectivity index (χ0v) is 14.8. The molecule has 26 heavy (non-hydrogen) atoms. The molecular weight excluding hydrogens is 330 g/mol. The fourth-order valence-electron chi connectivity index (χ4n) is 2.63. The van der Waals surface area contributed by atoms with E-state index in [4.69, 9.17) is 0 Å². The maximum Gasteiger partial charge on any atom is 0.280 e. The number of hydrazone groups is 1. The van der Waals surface area contributed by atoms with Crippen molar-refractivity contribution in [2.24, 2.45) is 5.10 Å². The van der Waals surface area contributed by atoms with Gasteiger partial charge in [-0.05, 0) is 48.4 Å². The number of hydrogen-bond acceptors (Lipinski definition) is 5. The van der Waals surface area contributed by atoms with Crippen LogP contribution in [0.15, 0.2) is 59.2 Å². The van der Waals surface area contributed by atoms with E-state index in [-0.39, 0.29) is 11.5 Å². The zero-order valence-electron chi connectivity index (χ0n) is 14.8. The first-order valence-electron chi connectivity index (χ1n) is 8.07. The highest BCUT2D eigenvalue weighted by molar-refractivity contribution is 6.32. The molecule has 0 saturated heterocycles. The van der Waals surface area contributed by atoms with Gasteiger partial charge in [-0.3, -0.25) is 4.79 Å². The predicted molar refractivity (Wildman–Crippen MR) is 100 cm³/mol. The van der Waals surface area contributed by atoms with Crippen LogP contribution in [-0.2, 0) is 4.79 Å². The van der Waals surface area contributed by atoms with E-state index in [1.807, 2.05) is 43.3 Å². The number of carboxylic acids is 1. The highest BCUT2D eigenvalue weighted by Crippen LogP contribution is 2.25. The minimum atomic E-state index is -1.26. The Morgan fingerprint density at radius 3 is 2.23 bits per heavy atom. The average Bonchev–Trinajstić information content (AvgIpc) is 2.90. The number of hydrogen-bond donors (Lipinski definition) is 0. The molecule has 6 heteroatoms. The molecule has 0 bridgehead atoms. The Bertz CT molecular complexity index is 910. The molecule has 0 spiro atoms. The van der Waals surface area contributed by atoms with Gasteiger partial charge in [0, 0.05) is 19.8 Å². The first-order valence-corrected chi connectivity index (χ1v) is 8.07. The van der Waals surface area contributed by atoms with Crippen LogP contribution in [0.5, 0.6) is 0 Å². The summed E-state index contributed by atoms with van der Waals surface area (Å²) >= 11 is 0. The van der Waals surface area contributed by atoms with Crippen LogP contribution >= 0.6 is 0 Å². The minimum Gasteiger partial charge on any atom is -0.545 e. The third kappa shape index (κ3) is 3.35. The van der Waals surface area contributed by atoms with E-state index in [1.165, 1.54) is 29.3 Å². The van der Waals surface area contributed by atoms with E-state index in [9.17, 15) is 14.7 Å². The zero-order chi connectivity index (χ0) is 18.8. The molecule has 2 aromatic rings. The van der Waals surface area contributed by atoms with Crippen molar-refractivity contribution in [2.45, 2.75) is 6.92 Å². The van der Waals surface area contributed by atoms with Gasteiger partial charge in [-0.25, -0.2) is 0 Å². The molecule has 6 nitrogen and oxygen atoms in total. The lowest BCUT2D eigenvalue weighted by Gasteiger charge is -2.13. The van der Waals surface area contributed by atoms with Crippen LogP contribution in [0.25, 0.3) is 6.08 Å². The van der Waals surface area contributed by atoms with Crippen LogP contribution < -0.4 is 15.0 Å². The molecule has 3 rings (SSSR count). The summed E-state index contributed by atoms with van der Waals surface area (Å²) in [6, 6.07) is 13.7. The molecule has 0 saturated carbocycles. The molecule has 1 aliphatic rings. The number of carbonyl (C=O) groups excluding carboxylic acids is 2. The second kappa shape index (κ2) is 6.84. The molecule has 0 unspecified atom stereocenters. The molecular formula is C20H18N3O3-. The first kappa shape index (κ1) is 17.4. The topological polar surface area (TPSA) is 76.0 Å². The van der Waals surface area contributed by atoms with Crippen molar-refractivity contribution in [1.29, 1.82) is 0 Å². The summed E-state index contributed by atoms with van der Waals surface area (Å²) in [5, 5.41) is 16.4. The van der Waals surface area contributed by atoms with Gasteiger partial charge in [-0.15, -0.1) is 0 Å². The molecule has 1 aliphatic heterocycles. The SMILES string of the molecule is CC1=NN(c2ccc(C(=O)[O-])cc2)C(=O)/C1=C\c1ccc(N(C)C)cc1. The van der Waals surface area contributed by atoms with Gasteiger partial charge < -0.3 is 14.8 Å². The second-order valence-corrected chi connectivity index (χ2v) is 6.18. The molecule has 0 N–H and O–H groups in total. The number of benzene rings is 2. The van der Waals surface area contributed by atoms with Crippen molar-refractivity contribution >= 4 is 35.0 Å². The fraction of sp³-hybridized carbons (Fsp3) is 0.150.